The van der Waals surface area contributed by atoms with Crippen molar-refractivity contribution in [1.29, 1.82) is 0 Å². The van der Waals surface area contributed by atoms with E-state index in [0.29, 0.717) is 11.1 Å². The molecule has 6 heteroatoms. The fraction of sp³-hybridized carbons (Fsp3) is 0.0952. The van der Waals surface area contributed by atoms with Gasteiger partial charge in [-0.2, -0.15) is 0 Å². The minimum absolute atomic E-state index is 0.277. The van der Waals surface area contributed by atoms with Crippen molar-refractivity contribution in [3.05, 3.63) is 156 Å². The molecule has 0 fully saturated rings. The maximum atomic E-state index is 16.7. The lowest BCUT2D eigenvalue weighted by Crippen LogP contribution is -2.24. The summed E-state index contributed by atoms with van der Waals surface area (Å²) < 4.78 is 27.4. The van der Waals surface area contributed by atoms with Crippen molar-refractivity contribution in [1.82, 2.24) is 18.9 Å². The third-order valence-corrected chi connectivity index (χ3v) is 10.2. The van der Waals surface area contributed by atoms with Crippen molar-refractivity contribution in [3.63, 3.8) is 0 Å². The first kappa shape index (κ1) is 27.1. The predicted molar refractivity (Wildman–Crippen MR) is 190 cm³/mol. The average Bonchev–Trinajstić information content (AvgIpc) is 3.75. The van der Waals surface area contributed by atoms with Gasteiger partial charge >= 0.3 is 0 Å². The van der Waals surface area contributed by atoms with Gasteiger partial charge < -0.3 is 4.74 Å². The standard InChI is InChI=1S/C42H29FN4O/c1-42(2)33-13-4-6-15-37(33)48-38-23-31-30-12-8-18-44-41(30)47(36(31)24-34(38)42)27-10-7-9-25(21-27)39(43)26-16-17-28-29-11-3-5-14-35(29)46-20-19-45-40(46)32(28)22-26/h3-24,39H,1-2H3. The van der Waals surface area contributed by atoms with Crippen LogP contribution in [0.1, 0.15) is 42.3 Å². The Balaban J connectivity index is 1.13. The molecule has 48 heavy (non-hydrogen) atoms. The number of aromatic nitrogens is 4. The predicted octanol–water partition coefficient (Wildman–Crippen LogP) is 10.6. The second kappa shape index (κ2) is 9.75. The molecule has 5 aromatic carbocycles. The quantitative estimate of drug-likeness (QED) is 0.184. The highest BCUT2D eigenvalue weighted by Crippen LogP contribution is 2.50. The number of hydrogen-bond acceptors (Lipinski definition) is 3. The smallest absolute Gasteiger partial charge is 0.150 e. The van der Waals surface area contributed by atoms with Crippen LogP contribution >= 0.6 is 0 Å². The molecule has 0 N–H and O–H groups in total. The van der Waals surface area contributed by atoms with Crippen LogP contribution in [0.2, 0.25) is 0 Å². The third-order valence-electron chi connectivity index (χ3n) is 10.2. The van der Waals surface area contributed by atoms with Gasteiger partial charge in [0.2, 0.25) is 0 Å². The summed E-state index contributed by atoms with van der Waals surface area (Å²) in [6.45, 7) is 4.48. The van der Waals surface area contributed by atoms with Gasteiger partial charge in [-0.1, -0.05) is 74.5 Å². The van der Waals surface area contributed by atoms with E-state index in [4.69, 9.17) is 9.72 Å². The molecule has 5 heterocycles. The molecule has 0 radical (unpaired) electrons. The number of nitrogens with zero attached hydrogens (tertiary/aromatic N) is 4. The molecule has 1 aliphatic heterocycles. The van der Waals surface area contributed by atoms with Gasteiger partial charge in [0.15, 0.2) is 6.17 Å². The van der Waals surface area contributed by atoms with Crippen molar-refractivity contribution in [3.8, 4) is 17.2 Å². The SMILES string of the molecule is CC1(C)c2ccccc2Oc2cc3c4cccnc4n(-c4cccc(C(F)c5ccc6c7ccccc7n7ccnc7c6c5)c4)c3cc21. The molecule has 0 amide bonds. The third kappa shape index (κ3) is 3.71. The molecule has 5 nitrogen and oxygen atoms in total. The molecular weight excluding hydrogens is 595 g/mol. The second-order valence-electron chi connectivity index (χ2n) is 13.2. The number of alkyl halides is 1. The summed E-state index contributed by atoms with van der Waals surface area (Å²) in [4.78, 5) is 9.48. The summed E-state index contributed by atoms with van der Waals surface area (Å²) in [5, 5.41) is 5.16. The molecule has 1 aliphatic rings. The van der Waals surface area contributed by atoms with Crippen LogP contribution in [0, 0.1) is 0 Å². The van der Waals surface area contributed by atoms with Crippen LogP contribution in [0.5, 0.6) is 11.5 Å². The van der Waals surface area contributed by atoms with Crippen LogP contribution in [-0.4, -0.2) is 18.9 Å². The zero-order valence-electron chi connectivity index (χ0n) is 26.4. The van der Waals surface area contributed by atoms with E-state index in [0.717, 1.165) is 77.6 Å². The Labute approximate surface area is 275 Å². The molecule has 1 unspecified atom stereocenters. The van der Waals surface area contributed by atoms with Crippen molar-refractivity contribution in [2.75, 3.05) is 0 Å². The number of benzene rings is 5. The van der Waals surface area contributed by atoms with E-state index >= 15 is 4.39 Å². The van der Waals surface area contributed by atoms with E-state index < -0.39 is 6.17 Å². The van der Waals surface area contributed by atoms with Gasteiger partial charge in [-0.05, 0) is 71.1 Å². The first-order valence-electron chi connectivity index (χ1n) is 16.2. The maximum Gasteiger partial charge on any atom is 0.150 e. The summed E-state index contributed by atoms with van der Waals surface area (Å²) in [6.07, 6.45) is 4.23. The molecule has 1 atom stereocenters. The average molecular weight is 625 g/mol. The van der Waals surface area contributed by atoms with Crippen LogP contribution in [-0.2, 0) is 5.41 Å². The molecule has 0 spiro atoms. The van der Waals surface area contributed by atoms with E-state index in [2.05, 4.69) is 70.3 Å². The summed E-state index contributed by atoms with van der Waals surface area (Å²) >= 11 is 0. The Bertz CT molecular complexity index is 2770. The molecule has 0 saturated heterocycles. The monoisotopic (exact) mass is 624 g/mol. The van der Waals surface area contributed by atoms with E-state index in [9.17, 15) is 0 Å². The van der Waals surface area contributed by atoms with Crippen LogP contribution in [0.3, 0.4) is 0 Å². The van der Waals surface area contributed by atoms with Gasteiger partial charge in [-0.25, -0.2) is 14.4 Å². The Morgan fingerprint density at radius 3 is 2.35 bits per heavy atom. The van der Waals surface area contributed by atoms with E-state index in [1.165, 1.54) is 0 Å². The fourth-order valence-electron chi connectivity index (χ4n) is 7.80. The molecule has 9 aromatic rings. The van der Waals surface area contributed by atoms with Crippen LogP contribution in [0.25, 0.3) is 54.9 Å². The summed E-state index contributed by atoms with van der Waals surface area (Å²) in [5.41, 5.74) is 7.72. The normalized spacial score (nSPS) is 14.4. The highest BCUT2D eigenvalue weighted by molar-refractivity contribution is 6.12. The van der Waals surface area contributed by atoms with Gasteiger partial charge in [-0.15, -0.1) is 0 Å². The van der Waals surface area contributed by atoms with Crippen LogP contribution in [0.15, 0.2) is 134 Å². The second-order valence-corrected chi connectivity index (χ2v) is 13.2. The number of para-hydroxylation sites is 2. The summed E-state index contributed by atoms with van der Waals surface area (Å²) in [5.74, 6) is 1.73. The topological polar surface area (TPSA) is 44.4 Å². The highest BCUT2D eigenvalue weighted by Gasteiger charge is 2.35. The Hall–Kier alpha value is -6.01. The molecule has 0 bridgehead atoms. The minimum Gasteiger partial charge on any atom is -0.457 e. The zero-order valence-corrected chi connectivity index (χ0v) is 26.4. The largest absolute Gasteiger partial charge is 0.457 e. The van der Waals surface area contributed by atoms with E-state index in [-0.39, 0.29) is 5.41 Å². The lowest BCUT2D eigenvalue weighted by atomic mass is 9.75. The Morgan fingerprint density at radius 1 is 0.604 bits per heavy atom. The Kier molecular flexibility index (Phi) is 5.51. The van der Waals surface area contributed by atoms with Gasteiger partial charge in [0.1, 0.15) is 22.8 Å². The number of halogens is 1. The first-order chi connectivity index (χ1) is 23.5. The molecule has 230 valence electrons. The minimum atomic E-state index is -1.34. The summed E-state index contributed by atoms with van der Waals surface area (Å²) in [7, 11) is 0. The zero-order chi connectivity index (χ0) is 32.1. The van der Waals surface area contributed by atoms with E-state index in [1.807, 2.05) is 85.2 Å². The molecule has 0 aliphatic carbocycles. The van der Waals surface area contributed by atoms with Crippen molar-refractivity contribution >= 4 is 49.3 Å². The van der Waals surface area contributed by atoms with E-state index in [1.54, 1.807) is 6.20 Å². The van der Waals surface area contributed by atoms with Crippen molar-refractivity contribution < 1.29 is 9.13 Å². The molecule has 10 rings (SSSR count). The van der Waals surface area contributed by atoms with Gasteiger partial charge in [-0.3, -0.25) is 8.97 Å². The number of fused-ring (bicyclic) bond motifs is 11. The number of ether oxygens (including phenoxy) is 1. The fourth-order valence-corrected chi connectivity index (χ4v) is 7.80. The van der Waals surface area contributed by atoms with Crippen LogP contribution in [0.4, 0.5) is 4.39 Å². The van der Waals surface area contributed by atoms with Crippen LogP contribution < -0.4 is 4.74 Å². The van der Waals surface area contributed by atoms with Crippen molar-refractivity contribution in [2.24, 2.45) is 0 Å². The number of hydrogen-bond donors (Lipinski definition) is 0. The van der Waals surface area contributed by atoms with Gasteiger partial charge in [0.05, 0.1) is 11.0 Å². The molecular formula is C42H29FN4O. The lowest BCUT2D eigenvalue weighted by molar-refractivity contribution is 0.402. The van der Waals surface area contributed by atoms with Crippen molar-refractivity contribution in [2.45, 2.75) is 25.4 Å². The first-order valence-corrected chi connectivity index (χ1v) is 16.2. The van der Waals surface area contributed by atoms with Gasteiger partial charge in [0, 0.05) is 62.4 Å². The number of imidazole rings is 1. The lowest BCUT2D eigenvalue weighted by Gasteiger charge is -2.34. The molecule has 0 saturated carbocycles. The summed E-state index contributed by atoms with van der Waals surface area (Å²) in [6, 6.07) is 38.6. The maximum absolute atomic E-state index is 16.7. The Morgan fingerprint density at radius 2 is 1.42 bits per heavy atom. The van der Waals surface area contributed by atoms with Gasteiger partial charge in [0.25, 0.3) is 0 Å². The highest BCUT2D eigenvalue weighted by atomic mass is 19.1. The number of pyridine rings is 2. The molecule has 4 aromatic heterocycles. The number of rotatable bonds is 3.